The molecule has 0 saturated heterocycles. The van der Waals surface area contributed by atoms with E-state index in [2.05, 4.69) is 36.1 Å². The number of thioether (sulfide) groups is 1. The lowest BCUT2D eigenvalue weighted by atomic mass is 9.91. The minimum atomic E-state index is -0.115. The number of nitrogens with one attached hydrogen (secondary N) is 1. The molecule has 2 aromatic heterocycles. The van der Waals surface area contributed by atoms with Crippen LogP contribution in [0.25, 0.3) is 0 Å². The second-order valence-electron chi connectivity index (χ2n) is 7.70. The van der Waals surface area contributed by atoms with Crippen molar-refractivity contribution in [1.82, 2.24) is 9.97 Å². The van der Waals surface area contributed by atoms with E-state index in [1.54, 1.807) is 36.3 Å². The molecule has 0 unspecified atom stereocenters. The van der Waals surface area contributed by atoms with Crippen molar-refractivity contribution in [2.24, 2.45) is 5.41 Å². The lowest BCUT2D eigenvalue weighted by Crippen LogP contribution is -2.14. The molecule has 0 aliphatic rings. The molecular weight excluding hydrogens is 392 g/mol. The van der Waals surface area contributed by atoms with Crippen molar-refractivity contribution in [3.8, 4) is 0 Å². The summed E-state index contributed by atoms with van der Waals surface area (Å²) in [7, 11) is 0. The lowest BCUT2D eigenvalue weighted by Gasteiger charge is -2.15. The number of nitrogens with zero attached hydrogens (tertiary/aromatic N) is 2. The summed E-state index contributed by atoms with van der Waals surface area (Å²) in [6, 6.07) is 7.31. The van der Waals surface area contributed by atoms with Gasteiger partial charge in [0.1, 0.15) is 5.76 Å². The highest BCUT2D eigenvalue weighted by Crippen LogP contribution is 2.31. The molecule has 3 N–H and O–H groups in total. The molecule has 148 valence electrons. The first-order valence-electron chi connectivity index (χ1n) is 8.93. The Balaban J connectivity index is 1.49. The lowest BCUT2D eigenvalue weighted by molar-refractivity contribution is -0.115. The van der Waals surface area contributed by atoms with Crippen molar-refractivity contribution < 1.29 is 9.21 Å². The zero-order valence-electron chi connectivity index (χ0n) is 16.2. The maximum atomic E-state index is 12.2. The van der Waals surface area contributed by atoms with E-state index in [0.29, 0.717) is 22.5 Å². The number of benzene rings is 1. The molecule has 0 aliphatic heterocycles. The van der Waals surface area contributed by atoms with Gasteiger partial charge in [0.2, 0.25) is 11.8 Å². The minimum Gasteiger partial charge on any atom is -0.445 e. The first-order valence-corrected chi connectivity index (χ1v) is 10.7. The van der Waals surface area contributed by atoms with Gasteiger partial charge in [-0.05, 0) is 23.1 Å². The van der Waals surface area contributed by atoms with Gasteiger partial charge in [0.25, 0.3) is 0 Å². The fourth-order valence-electron chi connectivity index (χ4n) is 2.59. The van der Waals surface area contributed by atoms with Crippen molar-refractivity contribution in [1.29, 1.82) is 0 Å². The maximum Gasteiger partial charge on any atom is 0.230 e. The number of nitrogens with two attached hydrogens (primary N) is 1. The van der Waals surface area contributed by atoms with E-state index in [1.807, 2.05) is 12.1 Å². The molecule has 3 aromatic rings. The van der Waals surface area contributed by atoms with Crippen molar-refractivity contribution in [3.05, 3.63) is 53.9 Å². The zero-order chi connectivity index (χ0) is 20.1. The van der Waals surface area contributed by atoms with Crippen LogP contribution in [0.3, 0.4) is 0 Å². The van der Waals surface area contributed by atoms with Gasteiger partial charge in [-0.2, -0.15) is 0 Å². The number of hydrogen-bond acceptors (Lipinski definition) is 7. The van der Waals surface area contributed by atoms with E-state index >= 15 is 0 Å². The predicted octanol–water partition coefficient (Wildman–Crippen LogP) is 4.78. The average molecular weight is 417 g/mol. The Morgan fingerprint density at radius 1 is 1.29 bits per heavy atom. The molecule has 2 heterocycles. The van der Waals surface area contributed by atoms with Crippen molar-refractivity contribution in [2.45, 2.75) is 43.6 Å². The molecule has 0 aliphatic carbocycles. The summed E-state index contributed by atoms with van der Waals surface area (Å²) in [5, 5.41) is 3.41. The first kappa shape index (κ1) is 20.4. The van der Waals surface area contributed by atoms with Gasteiger partial charge in [-0.1, -0.05) is 44.2 Å². The summed E-state index contributed by atoms with van der Waals surface area (Å²) in [6.45, 7) is 6.51. The van der Waals surface area contributed by atoms with E-state index in [9.17, 15) is 4.79 Å². The molecule has 0 spiro atoms. The van der Waals surface area contributed by atoms with Crippen LogP contribution in [0.4, 0.5) is 10.8 Å². The average Bonchev–Trinajstić information content (AvgIpc) is 3.20. The summed E-state index contributed by atoms with van der Waals surface area (Å²) in [4.78, 5) is 20.8. The number of oxazole rings is 1. The molecule has 8 heteroatoms. The van der Waals surface area contributed by atoms with Gasteiger partial charge in [-0.15, -0.1) is 11.8 Å². The smallest absolute Gasteiger partial charge is 0.230 e. The van der Waals surface area contributed by atoms with Crippen LogP contribution in [-0.2, 0) is 23.4 Å². The molecular formula is C20H24N4O2S2. The Morgan fingerprint density at radius 3 is 2.86 bits per heavy atom. The van der Waals surface area contributed by atoms with Crippen LogP contribution in [0.15, 0.2) is 45.3 Å². The fraction of sp³-hybridized carbons (Fsp3) is 0.350. The van der Waals surface area contributed by atoms with Crippen LogP contribution in [0.5, 0.6) is 0 Å². The molecule has 0 radical (unpaired) electrons. The summed E-state index contributed by atoms with van der Waals surface area (Å²) < 4.78 is 6.80. The number of hydrogen-bond donors (Lipinski definition) is 2. The SMILES string of the molecule is CC(C)(C)Cc1cnc(CSc2cnc(NC(=O)Cc3cccc(N)c3)s2)o1. The Kier molecular flexibility index (Phi) is 6.41. The van der Waals surface area contributed by atoms with Gasteiger partial charge in [-0.3, -0.25) is 4.79 Å². The number of thiazole rings is 1. The van der Waals surface area contributed by atoms with Crippen molar-refractivity contribution in [2.75, 3.05) is 11.1 Å². The van der Waals surface area contributed by atoms with Gasteiger partial charge in [0.15, 0.2) is 5.13 Å². The second-order valence-corrected chi connectivity index (χ2v) is 10.0. The molecule has 6 nitrogen and oxygen atoms in total. The number of aromatic nitrogens is 2. The normalized spacial score (nSPS) is 11.5. The van der Waals surface area contributed by atoms with Gasteiger partial charge in [-0.25, -0.2) is 9.97 Å². The molecule has 0 atom stereocenters. The van der Waals surface area contributed by atoms with E-state index < -0.39 is 0 Å². The zero-order valence-corrected chi connectivity index (χ0v) is 17.8. The van der Waals surface area contributed by atoms with Gasteiger partial charge in [0.05, 0.1) is 28.8 Å². The van der Waals surface area contributed by atoms with Gasteiger partial charge in [0, 0.05) is 12.1 Å². The van der Waals surface area contributed by atoms with Crippen LogP contribution in [-0.4, -0.2) is 15.9 Å². The maximum absolute atomic E-state index is 12.2. The number of carbonyl (C=O) groups is 1. The Morgan fingerprint density at radius 2 is 2.11 bits per heavy atom. The Bertz CT molecular complexity index is 944. The van der Waals surface area contributed by atoms with Crippen molar-refractivity contribution in [3.63, 3.8) is 0 Å². The number of rotatable bonds is 7. The topological polar surface area (TPSA) is 94.0 Å². The van der Waals surface area contributed by atoms with Gasteiger partial charge >= 0.3 is 0 Å². The molecule has 28 heavy (non-hydrogen) atoms. The van der Waals surface area contributed by atoms with Gasteiger partial charge < -0.3 is 15.5 Å². The van der Waals surface area contributed by atoms with Crippen LogP contribution in [0.2, 0.25) is 0 Å². The number of nitrogen functional groups attached to an aromatic ring is 1. The molecule has 3 rings (SSSR count). The van der Waals surface area contributed by atoms with Crippen LogP contribution < -0.4 is 11.1 Å². The first-order chi connectivity index (χ1) is 13.3. The highest BCUT2D eigenvalue weighted by atomic mass is 32.2. The molecule has 1 amide bonds. The van der Waals surface area contributed by atoms with E-state index in [1.165, 1.54) is 11.3 Å². The largest absolute Gasteiger partial charge is 0.445 e. The molecule has 0 saturated carbocycles. The van der Waals surface area contributed by atoms with Crippen LogP contribution in [0, 0.1) is 5.41 Å². The number of anilines is 2. The van der Waals surface area contributed by atoms with Crippen LogP contribution in [0.1, 0.15) is 38.0 Å². The number of carbonyl (C=O) groups excluding carboxylic acids is 1. The highest BCUT2D eigenvalue weighted by molar-refractivity contribution is 8.00. The Labute approximate surface area is 173 Å². The monoisotopic (exact) mass is 416 g/mol. The third-order valence-corrected chi connectivity index (χ3v) is 5.78. The van der Waals surface area contributed by atoms with E-state index in [0.717, 1.165) is 22.0 Å². The standard InChI is InChI=1S/C20H24N4O2S2/c1-20(2,3)9-15-10-22-17(26-15)12-27-18-11-23-19(28-18)24-16(25)8-13-5-4-6-14(21)7-13/h4-7,10-11H,8-9,12,21H2,1-3H3,(H,23,24,25). The fourth-order valence-corrected chi connectivity index (χ4v) is 4.33. The minimum absolute atomic E-state index is 0.115. The molecule has 0 bridgehead atoms. The summed E-state index contributed by atoms with van der Waals surface area (Å²) in [6.07, 6.45) is 4.68. The van der Waals surface area contributed by atoms with Crippen molar-refractivity contribution >= 4 is 39.8 Å². The summed E-state index contributed by atoms with van der Waals surface area (Å²) >= 11 is 3.03. The number of amides is 1. The third kappa shape index (κ3) is 6.38. The second kappa shape index (κ2) is 8.79. The quantitative estimate of drug-likeness (QED) is 0.425. The molecule has 1 aromatic carbocycles. The van der Waals surface area contributed by atoms with E-state index in [4.69, 9.17) is 10.2 Å². The highest BCUT2D eigenvalue weighted by Gasteiger charge is 2.15. The molecule has 0 fully saturated rings. The van der Waals surface area contributed by atoms with Crippen LogP contribution >= 0.6 is 23.1 Å². The summed E-state index contributed by atoms with van der Waals surface area (Å²) in [5.41, 5.74) is 7.43. The summed E-state index contributed by atoms with van der Waals surface area (Å²) in [5.74, 6) is 2.12. The third-order valence-electron chi connectivity index (χ3n) is 3.69. The Hall–Kier alpha value is -2.32. The predicted molar refractivity (Wildman–Crippen MR) is 115 cm³/mol. The van der Waals surface area contributed by atoms with E-state index in [-0.39, 0.29) is 17.7 Å².